The number of fused-ring (bicyclic) bond motifs is 1. The number of hydrogen-bond donors (Lipinski definition) is 0. The highest BCUT2D eigenvalue weighted by Crippen LogP contribution is 2.60. The molecule has 1 aromatic carbocycles. The highest BCUT2D eigenvalue weighted by atomic mass is 19.2. The second kappa shape index (κ2) is 4.69. The molecule has 3 rings (SSSR count). The van der Waals surface area contributed by atoms with E-state index in [1.807, 2.05) is 0 Å². The van der Waals surface area contributed by atoms with Crippen molar-refractivity contribution in [3.05, 3.63) is 34.9 Å². The molecule has 2 unspecified atom stereocenters. The fourth-order valence-electron chi connectivity index (χ4n) is 3.77. The van der Waals surface area contributed by atoms with Crippen molar-refractivity contribution in [2.75, 3.05) is 0 Å². The molecule has 3 heteroatoms. The molecule has 2 aliphatic carbocycles. The molecule has 0 saturated heterocycles. The molecule has 0 N–H and O–H groups in total. The molecule has 102 valence electrons. The standard InChI is InChI=1S/C16H18F2O/c1-9-6-11(7-14(17)16(9)18)15-12-4-2-10(8-19)3-5-13(12)15/h6-8,10,12-13,15H,2-5H2,1H3. The lowest BCUT2D eigenvalue weighted by Crippen LogP contribution is -2.02. The summed E-state index contributed by atoms with van der Waals surface area (Å²) >= 11 is 0. The van der Waals surface area contributed by atoms with E-state index in [0.29, 0.717) is 23.3 Å². The third kappa shape index (κ3) is 2.19. The second-order valence-electron chi connectivity index (χ2n) is 6.04. The Bertz CT molecular complexity index is 474. The molecule has 0 aromatic heterocycles. The minimum Gasteiger partial charge on any atom is -0.303 e. The highest BCUT2D eigenvalue weighted by Gasteiger charge is 2.51. The Labute approximate surface area is 112 Å². The van der Waals surface area contributed by atoms with Gasteiger partial charge in [-0.3, -0.25) is 0 Å². The van der Waals surface area contributed by atoms with Gasteiger partial charge in [-0.25, -0.2) is 8.78 Å². The Morgan fingerprint density at radius 2 is 1.74 bits per heavy atom. The average Bonchev–Trinajstić information content (AvgIpc) is 3.10. The van der Waals surface area contributed by atoms with Crippen molar-refractivity contribution >= 4 is 6.29 Å². The first-order valence-corrected chi connectivity index (χ1v) is 7.02. The zero-order chi connectivity index (χ0) is 13.6. The van der Waals surface area contributed by atoms with Crippen LogP contribution in [0.4, 0.5) is 8.78 Å². The van der Waals surface area contributed by atoms with Crippen molar-refractivity contribution in [2.24, 2.45) is 17.8 Å². The van der Waals surface area contributed by atoms with Gasteiger partial charge in [0.15, 0.2) is 11.6 Å². The predicted octanol–water partition coefficient (Wildman–Crippen LogP) is 3.99. The normalized spacial score (nSPS) is 33.4. The molecule has 2 atom stereocenters. The number of hydrogen-bond acceptors (Lipinski definition) is 1. The second-order valence-corrected chi connectivity index (χ2v) is 6.04. The quantitative estimate of drug-likeness (QED) is 0.738. The fraction of sp³-hybridized carbons (Fsp3) is 0.562. The number of aryl methyl sites for hydroxylation is 1. The number of carbonyl (C=O) groups excluding carboxylic acids is 1. The van der Waals surface area contributed by atoms with E-state index in [2.05, 4.69) is 0 Å². The first-order valence-electron chi connectivity index (χ1n) is 7.02. The fourth-order valence-corrected chi connectivity index (χ4v) is 3.77. The Balaban J connectivity index is 1.78. The van der Waals surface area contributed by atoms with Crippen LogP contribution in [0.5, 0.6) is 0 Å². The molecule has 0 spiro atoms. The molecule has 0 amide bonds. The SMILES string of the molecule is Cc1cc(C2C3CCC(C=O)CCC32)cc(F)c1F. The zero-order valence-corrected chi connectivity index (χ0v) is 11.0. The summed E-state index contributed by atoms with van der Waals surface area (Å²) < 4.78 is 26.8. The van der Waals surface area contributed by atoms with Gasteiger partial charge in [-0.05, 0) is 67.6 Å². The summed E-state index contributed by atoms with van der Waals surface area (Å²) in [6, 6.07) is 3.15. The van der Waals surface area contributed by atoms with Crippen LogP contribution in [0.2, 0.25) is 0 Å². The number of halogens is 2. The lowest BCUT2D eigenvalue weighted by molar-refractivity contribution is -0.111. The summed E-state index contributed by atoms with van der Waals surface area (Å²) in [6.45, 7) is 1.61. The molecule has 0 bridgehead atoms. The largest absolute Gasteiger partial charge is 0.303 e. The molecule has 2 fully saturated rings. The van der Waals surface area contributed by atoms with E-state index in [1.165, 1.54) is 6.07 Å². The summed E-state index contributed by atoms with van der Waals surface area (Å²) in [7, 11) is 0. The number of carbonyl (C=O) groups is 1. The van der Waals surface area contributed by atoms with Gasteiger partial charge in [0.2, 0.25) is 0 Å². The third-order valence-electron chi connectivity index (χ3n) is 4.88. The van der Waals surface area contributed by atoms with Gasteiger partial charge in [-0.2, -0.15) is 0 Å². The van der Waals surface area contributed by atoms with E-state index >= 15 is 0 Å². The van der Waals surface area contributed by atoms with Crippen LogP contribution < -0.4 is 0 Å². The van der Waals surface area contributed by atoms with Crippen LogP contribution in [0.3, 0.4) is 0 Å². The number of rotatable bonds is 2. The lowest BCUT2D eigenvalue weighted by Gasteiger charge is -2.09. The van der Waals surface area contributed by atoms with Crippen molar-refractivity contribution in [3.8, 4) is 0 Å². The Morgan fingerprint density at radius 3 is 2.26 bits per heavy atom. The molecule has 19 heavy (non-hydrogen) atoms. The van der Waals surface area contributed by atoms with Gasteiger partial charge in [-0.15, -0.1) is 0 Å². The Kier molecular flexibility index (Phi) is 3.15. The zero-order valence-electron chi connectivity index (χ0n) is 11.0. The molecule has 1 aromatic rings. The van der Waals surface area contributed by atoms with Gasteiger partial charge in [0, 0.05) is 5.92 Å². The molecular formula is C16H18F2O. The lowest BCUT2D eigenvalue weighted by atomic mass is 9.96. The molecule has 0 radical (unpaired) electrons. The maximum atomic E-state index is 13.5. The van der Waals surface area contributed by atoms with E-state index in [-0.39, 0.29) is 5.92 Å². The third-order valence-corrected chi connectivity index (χ3v) is 4.88. The van der Waals surface area contributed by atoms with Crippen molar-refractivity contribution in [1.82, 2.24) is 0 Å². The summed E-state index contributed by atoms with van der Waals surface area (Å²) in [4.78, 5) is 10.8. The van der Waals surface area contributed by atoms with Crippen molar-refractivity contribution in [1.29, 1.82) is 0 Å². The maximum absolute atomic E-state index is 13.5. The predicted molar refractivity (Wildman–Crippen MR) is 68.8 cm³/mol. The highest BCUT2D eigenvalue weighted by molar-refractivity contribution is 5.53. The molecule has 1 nitrogen and oxygen atoms in total. The smallest absolute Gasteiger partial charge is 0.161 e. The van der Waals surface area contributed by atoms with E-state index in [0.717, 1.165) is 37.5 Å². The number of aldehydes is 1. The maximum Gasteiger partial charge on any atom is 0.161 e. The van der Waals surface area contributed by atoms with E-state index in [1.54, 1.807) is 13.0 Å². The molecule has 0 aliphatic heterocycles. The van der Waals surface area contributed by atoms with Crippen molar-refractivity contribution in [2.45, 2.75) is 38.5 Å². The minimum atomic E-state index is -0.734. The Morgan fingerprint density at radius 1 is 1.11 bits per heavy atom. The molecular weight excluding hydrogens is 246 g/mol. The average molecular weight is 264 g/mol. The van der Waals surface area contributed by atoms with Crippen LogP contribution in [0.25, 0.3) is 0 Å². The summed E-state index contributed by atoms with van der Waals surface area (Å²) in [5.41, 5.74) is 1.33. The van der Waals surface area contributed by atoms with Crippen LogP contribution >= 0.6 is 0 Å². The first-order chi connectivity index (χ1) is 9.11. The van der Waals surface area contributed by atoms with Gasteiger partial charge in [0.25, 0.3) is 0 Å². The Hall–Kier alpha value is -1.25. The molecule has 0 heterocycles. The van der Waals surface area contributed by atoms with Crippen LogP contribution in [-0.2, 0) is 4.79 Å². The van der Waals surface area contributed by atoms with Crippen molar-refractivity contribution < 1.29 is 13.6 Å². The van der Waals surface area contributed by atoms with E-state index in [4.69, 9.17) is 0 Å². The van der Waals surface area contributed by atoms with Crippen LogP contribution in [0.1, 0.15) is 42.7 Å². The van der Waals surface area contributed by atoms with Crippen LogP contribution in [-0.4, -0.2) is 6.29 Å². The van der Waals surface area contributed by atoms with Crippen molar-refractivity contribution in [3.63, 3.8) is 0 Å². The summed E-state index contributed by atoms with van der Waals surface area (Å²) in [6.07, 6.45) is 5.04. The minimum absolute atomic E-state index is 0.208. The van der Waals surface area contributed by atoms with Gasteiger partial charge >= 0.3 is 0 Å². The number of benzene rings is 1. The van der Waals surface area contributed by atoms with Crippen LogP contribution in [0, 0.1) is 36.3 Å². The van der Waals surface area contributed by atoms with Crippen LogP contribution in [0.15, 0.2) is 12.1 Å². The first kappa shape index (κ1) is 12.8. The molecule has 2 saturated carbocycles. The van der Waals surface area contributed by atoms with E-state index < -0.39 is 11.6 Å². The van der Waals surface area contributed by atoms with Gasteiger partial charge in [0.05, 0.1) is 0 Å². The van der Waals surface area contributed by atoms with Gasteiger partial charge in [0.1, 0.15) is 6.29 Å². The molecule has 2 aliphatic rings. The topological polar surface area (TPSA) is 17.1 Å². The summed E-state index contributed by atoms with van der Waals surface area (Å²) in [5, 5.41) is 0. The summed E-state index contributed by atoms with van der Waals surface area (Å²) in [5.74, 6) is 0.248. The van der Waals surface area contributed by atoms with E-state index in [9.17, 15) is 13.6 Å². The van der Waals surface area contributed by atoms with Gasteiger partial charge < -0.3 is 4.79 Å². The monoisotopic (exact) mass is 264 g/mol. The van der Waals surface area contributed by atoms with Gasteiger partial charge in [-0.1, -0.05) is 6.07 Å².